The molecule has 1 aromatic carbocycles. The van der Waals surface area contributed by atoms with Gasteiger partial charge < -0.3 is 5.32 Å². The molecular formula is C16H25N3O4S. The Hall–Kier alpha value is -1.67. The van der Waals surface area contributed by atoms with E-state index in [0.717, 1.165) is 19.3 Å². The van der Waals surface area contributed by atoms with Gasteiger partial charge in [-0.1, -0.05) is 20.3 Å². The van der Waals surface area contributed by atoms with Crippen LogP contribution in [0.5, 0.6) is 0 Å². The second kappa shape index (κ2) is 7.48. The molecule has 1 atom stereocenters. The van der Waals surface area contributed by atoms with Gasteiger partial charge in [-0.15, -0.1) is 0 Å². The maximum Gasteiger partial charge on any atom is 0.293 e. The highest BCUT2D eigenvalue weighted by Gasteiger charge is 2.28. The molecule has 0 saturated carbocycles. The zero-order valence-electron chi connectivity index (χ0n) is 14.4. The van der Waals surface area contributed by atoms with Crippen molar-refractivity contribution in [1.29, 1.82) is 0 Å². The van der Waals surface area contributed by atoms with Crippen LogP contribution in [0.25, 0.3) is 0 Å². The molecule has 0 aromatic heterocycles. The zero-order chi connectivity index (χ0) is 17.9. The van der Waals surface area contributed by atoms with Gasteiger partial charge in [-0.2, -0.15) is 4.31 Å². The van der Waals surface area contributed by atoms with E-state index in [2.05, 4.69) is 5.32 Å². The minimum absolute atomic E-state index is 0.0150. The molecule has 1 saturated heterocycles. The lowest BCUT2D eigenvalue weighted by molar-refractivity contribution is -0.384. The summed E-state index contributed by atoms with van der Waals surface area (Å²) in [6, 6.07) is 4.15. The number of anilines is 1. The summed E-state index contributed by atoms with van der Waals surface area (Å²) in [4.78, 5) is 10.8. The summed E-state index contributed by atoms with van der Waals surface area (Å²) in [6.45, 7) is 6.91. The number of nitro groups is 1. The molecule has 1 fully saturated rings. The third kappa shape index (κ3) is 4.05. The number of benzene rings is 1. The van der Waals surface area contributed by atoms with Crippen molar-refractivity contribution in [3.8, 4) is 0 Å². The largest absolute Gasteiger partial charge is 0.377 e. The monoisotopic (exact) mass is 355 g/mol. The van der Waals surface area contributed by atoms with E-state index in [1.165, 1.54) is 22.5 Å². The normalized spacial score (nSPS) is 17.7. The lowest BCUT2D eigenvalue weighted by Gasteiger charge is -2.26. The minimum Gasteiger partial charge on any atom is -0.377 e. The summed E-state index contributed by atoms with van der Waals surface area (Å²) in [5.41, 5.74) is 0.138. The molecule has 0 radical (unpaired) electrons. The molecule has 7 nitrogen and oxygen atoms in total. The van der Waals surface area contributed by atoms with Crippen molar-refractivity contribution in [3.05, 3.63) is 28.3 Å². The molecule has 1 N–H and O–H groups in total. The van der Waals surface area contributed by atoms with Gasteiger partial charge in [0.15, 0.2) is 0 Å². The molecule has 0 bridgehead atoms. The first kappa shape index (κ1) is 18.7. The lowest BCUT2D eigenvalue weighted by atomic mass is 10.1. The van der Waals surface area contributed by atoms with Gasteiger partial charge in [0, 0.05) is 25.2 Å². The van der Waals surface area contributed by atoms with Crippen molar-refractivity contribution in [3.63, 3.8) is 0 Å². The Morgan fingerprint density at radius 1 is 1.17 bits per heavy atom. The zero-order valence-corrected chi connectivity index (χ0v) is 15.2. The van der Waals surface area contributed by atoms with Gasteiger partial charge in [-0.05, 0) is 37.8 Å². The van der Waals surface area contributed by atoms with E-state index in [-0.39, 0.29) is 16.6 Å². The summed E-state index contributed by atoms with van der Waals surface area (Å²) in [6.07, 6.45) is 2.67. The molecule has 1 aliphatic heterocycles. The molecule has 1 unspecified atom stereocenters. The van der Waals surface area contributed by atoms with Gasteiger partial charge in [0.2, 0.25) is 10.0 Å². The number of rotatable bonds is 6. The highest BCUT2D eigenvalue weighted by molar-refractivity contribution is 7.89. The van der Waals surface area contributed by atoms with Gasteiger partial charge in [0.25, 0.3) is 5.69 Å². The first-order valence-electron chi connectivity index (χ1n) is 8.28. The number of nitro benzene ring substituents is 1. The van der Waals surface area contributed by atoms with Crippen molar-refractivity contribution < 1.29 is 13.3 Å². The van der Waals surface area contributed by atoms with E-state index in [1.807, 2.05) is 20.8 Å². The Morgan fingerprint density at radius 3 is 2.33 bits per heavy atom. The Balaban J connectivity index is 2.36. The summed E-state index contributed by atoms with van der Waals surface area (Å²) in [5, 5.41) is 14.5. The second-order valence-electron chi connectivity index (χ2n) is 6.58. The van der Waals surface area contributed by atoms with Crippen LogP contribution in [0.3, 0.4) is 0 Å². The maximum atomic E-state index is 12.7. The highest BCUT2D eigenvalue weighted by Crippen LogP contribution is 2.31. The van der Waals surface area contributed by atoms with Crippen LogP contribution < -0.4 is 5.32 Å². The molecule has 1 heterocycles. The average molecular weight is 355 g/mol. The predicted octanol–water partition coefficient (Wildman–Crippen LogP) is 3.23. The van der Waals surface area contributed by atoms with Crippen LogP contribution in [0.1, 0.15) is 40.0 Å². The Bertz CT molecular complexity index is 697. The average Bonchev–Trinajstić information content (AvgIpc) is 2.55. The molecule has 1 aromatic rings. The minimum atomic E-state index is -3.68. The fourth-order valence-electron chi connectivity index (χ4n) is 2.61. The van der Waals surface area contributed by atoms with Gasteiger partial charge in [0.1, 0.15) is 5.69 Å². The van der Waals surface area contributed by atoms with Crippen LogP contribution in [0.2, 0.25) is 0 Å². The number of piperidine rings is 1. The lowest BCUT2D eigenvalue weighted by Crippen LogP contribution is -2.35. The van der Waals surface area contributed by atoms with Gasteiger partial charge in [-0.3, -0.25) is 10.1 Å². The van der Waals surface area contributed by atoms with Gasteiger partial charge in [-0.25, -0.2) is 8.42 Å². The quantitative estimate of drug-likeness (QED) is 0.625. The SMILES string of the molecule is CC(C)C(C)Nc1ccc(S(=O)(=O)N2CCCCC2)cc1[N+](=O)[O-]. The number of hydrogen-bond donors (Lipinski definition) is 1. The van der Waals surface area contributed by atoms with E-state index in [1.54, 1.807) is 0 Å². The van der Waals surface area contributed by atoms with E-state index < -0.39 is 14.9 Å². The molecule has 0 aliphatic carbocycles. The third-order valence-electron chi connectivity index (χ3n) is 4.50. The van der Waals surface area contributed by atoms with Gasteiger partial charge in [0.05, 0.1) is 9.82 Å². The third-order valence-corrected chi connectivity index (χ3v) is 6.40. The maximum absolute atomic E-state index is 12.7. The summed E-state index contributed by atoms with van der Waals surface area (Å²) in [7, 11) is -3.68. The number of sulfonamides is 1. The van der Waals surface area contributed by atoms with Gasteiger partial charge >= 0.3 is 0 Å². The molecule has 8 heteroatoms. The summed E-state index contributed by atoms with van der Waals surface area (Å²) >= 11 is 0. The van der Waals surface area contributed by atoms with Crippen LogP contribution >= 0.6 is 0 Å². The molecule has 1 aliphatic rings. The molecule has 0 amide bonds. The van der Waals surface area contributed by atoms with Crippen LogP contribution in [0.15, 0.2) is 23.1 Å². The topological polar surface area (TPSA) is 92.6 Å². The highest BCUT2D eigenvalue weighted by atomic mass is 32.2. The van der Waals surface area contributed by atoms with E-state index in [9.17, 15) is 18.5 Å². The fraction of sp³-hybridized carbons (Fsp3) is 0.625. The molecular weight excluding hydrogens is 330 g/mol. The van der Waals surface area contributed by atoms with E-state index in [0.29, 0.717) is 24.7 Å². The fourth-order valence-corrected chi connectivity index (χ4v) is 4.15. The van der Waals surface area contributed by atoms with Crippen LogP contribution in [-0.2, 0) is 10.0 Å². The van der Waals surface area contributed by atoms with Crippen molar-refractivity contribution >= 4 is 21.4 Å². The Kier molecular flexibility index (Phi) is 5.82. The van der Waals surface area contributed by atoms with Crippen molar-refractivity contribution in [2.45, 2.75) is 51.0 Å². The van der Waals surface area contributed by atoms with Crippen LogP contribution in [-0.4, -0.2) is 36.8 Å². The van der Waals surface area contributed by atoms with E-state index in [4.69, 9.17) is 0 Å². The first-order valence-corrected chi connectivity index (χ1v) is 9.72. The van der Waals surface area contributed by atoms with Crippen molar-refractivity contribution in [2.24, 2.45) is 5.92 Å². The molecule has 2 rings (SSSR count). The molecule has 134 valence electrons. The van der Waals surface area contributed by atoms with Crippen molar-refractivity contribution in [2.75, 3.05) is 18.4 Å². The van der Waals surface area contributed by atoms with Crippen molar-refractivity contribution in [1.82, 2.24) is 4.31 Å². The van der Waals surface area contributed by atoms with Crippen LogP contribution in [0, 0.1) is 16.0 Å². The number of nitrogens with one attached hydrogen (secondary N) is 1. The Labute approximate surface area is 143 Å². The standard InChI is InChI=1S/C16H25N3O4S/c1-12(2)13(3)17-15-8-7-14(11-16(15)19(20)21)24(22,23)18-9-5-4-6-10-18/h7-8,11-13,17H,4-6,9-10H2,1-3H3. The number of nitrogens with zero attached hydrogens (tertiary/aromatic N) is 2. The molecule has 24 heavy (non-hydrogen) atoms. The molecule has 0 spiro atoms. The number of hydrogen-bond acceptors (Lipinski definition) is 5. The summed E-state index contributed by atoms with van der Waals surface area (Å²) < 4.78 is 26.8. The second-order valence-corrected chi connectivity index (χ2v) is 8.52. The smallest absolute Gasteiger partial charge is 0.293 e. The first-order chi connectivity index (χ1) is 11.2. The van der Waals surface area contributed by atoms with E-state index >= 15 is 0 Å². The predicted molar refractivity (Wildman–Crippen MR) is 93.6 cm³/mol. The summed E-state index contributed by atoms with van der Waals surface area (Å²) in [5.74, 6) is 0.293. The Morgan fingerprint density at radius 2 is 1.79 bits per heavy atom. The van der Waals surface area contributed by atoms with Crippen LogP contribution in [0.4, 0.5) is 11.4 Å².